The van der Waals surface area contributed by atoms with E-state index in [9.17, 15) is 9.59 Å². The van der Waals surface area contributed by atoms with Crippen LogP contribution in [-0.4, -0.2) is 12.2 Å². The summed E-state index contributed by atoms with van der Waals surface area (Å²) in [6.45, 7) is 2.26. The summed E-state index contributed by atoms with van der Waals surface area (Å²) < 4.78 is 0. The summed E-state index contributed by atoms with van der Waals surface area (Å²) >= 11 is 0. The van der Waals surface area contributed by atoms with Crippen LogP contribution in [0.15, 0.2) is 24.3 Å². The van der Waals surface area contributed by atoms with Gasteiger partial charge in [0.25, 0.3) is 0 Å². The summed E-state index contributed by atoms with van der Waals surface area (Å²) in [5, 5.41) is 2.87. The maximum atomic E-state index is 11.9. The van der Waals surface area contributed by atoms with Crippen molar-refractivity contribution in [3.8, 4) is 0 Å². The summed E-state index contributed by atoms with van der Waals surface area (Å²) in [4.78, 5) is 22.4. The van der Waals surface area contributed by atoms with Crippen molar-refractivity contribution < 1.29 is 9.59 Å². The highest BCUT2D eigenvalue weighted by atomic mass is 16.1. The molecule has 0 unspecified atom stereocenters. The van der Waals surface area contributed by atoms with Gasteiger partial charge in [-0.1, -0.05) is 84.0 Å². The summed E-state index contributed by atoms with van der Waals surface area (Å²) in [6.07, 6.45) is 19.4. The molecule has 0 fully saturated rings. The normalized spacial score (nSPS) is 10.7. The van der Waals surface area contributed by atoms with Crippen LogP contribution in [0.2, 0.25) is 0 Å². The van der Waals surface area contributed by atoms with Gasteiger partial charge in [-0.05, 0) is 30.7 Å². The van der Waals surface area contributed by atoms with Crippen molar-refractivity contribution in [3.05, 3.63) is 29.8 Å². The van der Waals surface area contributed by atoms with Gasteiger partial charge in [-0.2, -0.15) is 0 Å². The smallest absolute Gasteiger partial charge is 0.233 e. The third-order valence-electron chi connectivity index (χ3n) is 4.79. The fourth-order valence-electron chi connectivity index (χ4n) is 3.15. The number of carbonyl (C=O) groups is 1. The Kier molecular flexibility index (Phi) is 13.4. The minimum atomic E-state index is 0.0518. The van der Waals surface area contributed by atoms with Gasteiger partial charge >= 0.3 is 0 Å². The lowest BCUT2D eigenvalue weighted by Gasteiger charge is -2.05. The number of rotatable bonds is 16. The molecule has 0 atom stereocenters. The summed E-state index contributed by atoms with van der Waals surface area (Å²) in [5.74, 6) is 0.0518. The molecule has 1 N–H and O–H groups in total. The molecule has 0 aromatic heterocycles. The molecule has 145 valence electrons. The van der Waals surface area contributed by atoms with Gasteiger partial charge in [-0.25, -0.2) is 0 Å². The summed E-state index contributed by atoms with van der Waals surface area (Å²) in [5.41, 5.74) is 1.24. The molecule has 1 radical (unpaired) electrons. The highest BCUT2D eigenvalue weighted by molar-refractivity contribution is 5.91. The molecule has 0 aliphatic heterocycles. The molecule has 0 spiro atoms. The first-order valence-electron chi connectivity index (χ1n) is 10.5. The van der Waals surface area contributed by atoms with E-state index in [1.165, 1.54) is 70.6 Å². The Hall–Kier alpha value is -1.64. The van der Waals surface area contributed by atoms with Crippen molar-refractivity contribution in [3.63, 3.8) is 0 Å². The Morgan fingerprint density at radius 3 is 1.69 bits per heavy atom. The second-order valence-corrected chi connectivity index (χ2v) is 7.22. The Labute approximate surface area is 160 Å². The molecule has 3 heteroatoms. The Morgan fingerprint density at radius 1 is 0.769 bits per heavy atom. The molecule has 0 saturated heterocycles. The molecular formula is C23H36NO2. The molecule has 0 aliphatic rings. The molecular weight excluding hydrogens is 322 g/mol. The predicted octanol–water partition coefficient (Wildman–Crippen LogP) is 6.56. The highest BCUT2D eigenvalue weighted by Crippen LogP contribution is 2.13. The van der Waals surface area contributed by atoms with Gasteiger partial charge in [-0.15, -0.1) is 0 Å². The largest absolute Gasteiger partial charge is 0.326 e. The topological polar surface area (TPSA) is 46.2 Å². The van der Waals surface area contributed by atoms with Gasteiger partial charge in [0.05, 0.1) is 0 Å². The van der Waals surface area contributed by atoms with E-state index in [4.69, 9.17) is 0 Å². The van der Waals surface area contributed by atoms with E-state index in [0.717, 1.165) is 18.5 Å². The van der Waals surface area contributed by atoms with Gasteiger partial charge < -0.3 is 5.32 Å². The van der Waals surface area contributed by atoms with Gasteiger partial charge in [0.1, 0.15) is 0 Å². The number of hydrogen-bond acceptors (Lipinski definition) is 2. The zero-order valence-corrected chi connectivity index (χ0v) is 16.5. The minimum absolute atomic E-state index is 0.0518. The lowest BCUT2D eigenvalue weighted by molar-refractivity contribution is -0.116. The fourth-order valence-corrected chi connectivity index (χ4v) is 3.15. The average Bonchev–Trinajstić information content (AvgIpc) is 2.66. The number of unbranched alkanes of at least 4 members (excludes halogenated alkanes) is 12. The van der Waals surface area contributed by atoms with Crippen LogP contribution in [0.1, 0.15) is 102 Å². The molecule has 3 nitrogen and oxygen atoms in total. The minimum Gasteiger partial charge on any atom is -0.326 e. The van der Waals surface area contributed by atoms with E-state index < -0.39 is 0 Å². The highest BCUT2D eigenvalue weighted by Gasteiger charge is 2.02. The number of hydrogen-bond donors (Lipinski definition) is 1. The molecule has 26 heavy (non-hydrogen) atoms. The number of amides is 1. The van der Waals surface area contributed by atoms with Gasteiger partial charge in [0, 0.05) is 17.7 Å². The van der Waals surface area contributed by atoms with E-state index in [1.54, 1.807) is 24.3 Å². The van der Waals surface area contributed by atoms with Gasteiger partial charge in [0.15, 0.2) is 0 Å². The van der Waals surface area contributed by atoms with E-state index in [-0.39, 0.29) is 5.91 Å². The lowest BCUT2D eigenvalue weighted by atomic mass is 10.0. The zero-order chi connectivity index (χ0) is 18.9. The van der Waals surface area contributed by atoms with Gasteiger partial charge in [0.2, 0.25) is 12.2 Å². The monoisotopic (exact) mass is 358 g/mol. The van der Waals surface area contributed by atoms with E-state index >= 15 is 0 Å². The molecule has 1 aromatic rings. The zero-order valence-electron chi connectivity index (χ0n) is 16.5. The number of benzene rings is 1. The molecule has 0 aliphatic carbocycles. The summed E-state index contributed by atoms with van der Waals surface area (Å²) in [6, 6.07) is 6.80. The van der Waals surface area contributed by atoms with Crippen LogP contribution in [0.4, 0.5) is 5.69 Å². The molecule has 0 heterocycles. The van der Waals surface area contributed by atoms with E-state index in [1.807, 2.05) is 6.29 Å². The van der Waals surface area contributed by atoms with Crippen LogP contribution in [-0.2, 0) is 9.59 Å². The van der Waals surface area contributed by atoms with Crippen LogP contribution in [0.3, 0.4) is 0 Å². The van der Waals surface area contributed by atoms with Crippen LogP contribution < -0.4 is 5.32 Å². The molecule has 1 rings (SSSR count). The van der Waals surface area contributed by atoms with Crippen molar-refractivity contribution in [1.29, 1.82) is 0 Å². The van der Waals surface area contributed by atoms with Crippen LogP contribution in [0, 0.1) is 0 Å². The fraction of sp³-hybridized carbons (Fsp3) is 0.652. The number of anilines is 1. The molecule has 1 amide bonds. The van der Waals surface area contributed by atoms with E-state index in [0.29, 0.717) is 12.0 Å². The van der Waals surface area contributed by atoms with E-state index in [2.05, 4.69) is 12.2 Å². The standard InChI is InChI=1S/C23H36NO2/c1-2-3-4-5-6-7-8-9-10-11-12-13-14-15-23(26)24-22-18-16-21(20-25)17-19-22/h16-19H,2-15H2,1H3,(H,24,26). The SMILES string of the molecule is CCCCCCCCCCCCCCCC(=O)Nc1ccc([C]=O)cc1. The van der Waals surface area contributed by atoms with Crippen molar-refractivity contribution in [2.45, 2.75) is 96.8 Å². The first kappa shape index (κ1) is 22.4. The molecule has 0 saturated carbocycles. The lowest BCUT2D eigenvalue weighted by Crippen LogP contribution is -2.10. The maximum Gasteiger partial charge on any atom is 0.233 e. The average molecular weight is 359 g/mol. The molecule has 0 bridgehead atoms. The molecule has 1 aromatic carbocycles. The Balaban J connectivity index is 1.89. The predicted molar refractivity (Wildman–Crippen MR) is 110 cm³/mol. The van der Waals surface area contributed by atoms with Crippen LogP contribution in [0.25, 0.3) is 0 Å². The Morgan fingerprint density at radius 2 is 1.23 bits per heavy atom. The quantitative estimate of drug-likeness (QED) is 0.340. The first-order chi connectivity index (χ1) is 12.8. The second kappa shape index (κ2) is 15.6. The Bertz CT molecular complexity index is 481. The third-order valence-corrected chi connectivity index (χ3v) is 4.79. The van der Waals surface area contributed by atoms with Crippen molar-refractivity contribution in [1.82, 2.24) is 0 Å². The number of carbonyl (C=O) groups excluding carboxylic acids is 2. The van der Waals surface area contributed by atoms with Gasteiger partial charge in [-0.3, -0.25) is 9.59 Å². The summed E-state index contributed by atoms with van der Waals surface area (Å²) in [7, 11) is 0. The maximum absolute atomic E-state index is 11.9. The third kappa shape index (κ3) is 11.8. The van der Waals surface area contributed by atoms with Crippen molar-refractivity contribution >= 4 is 17.9 Å². The van der Waals surface area contributed by atoms with Crippen LogP contribution >= 0.6 is 0 Å². The van der Waals surface area contributed by atoms with Crippen molar-refractivity contribution in [2.75, 3.05) is 5.32 Å². The van der Waals surface area contributed by atoms with Crippen LogP contribution in [0.5, 0.6) is 0 Å². The van der Waals surface area contributed by atoms with Crippen molar-refractivity contribution in [2.24, 2.45) is 0 Å². The second-order valence-electron chi connectivity index (χ2n) is 7.22. The number of nitrogens with one attached hydrogen (secondary N) is 1. The first-order valence-corrected chi connectivity index (χ1v) is 10.5.